The minimum Gasteiger partial charge on any atom is -0.489 e. The first-order valence-electron chi connectivity index (χ1n) is 3.43. The zero-order valence-electron chi connectivity index (χ0n) is 6.03. The molecular formula is C7H11IO3. The number of alkyl halides is 1. The molecule has 11 heavy (non-hydrogen) atoms. The molecule has 1 saturated heterocycles. The SMILES string of the molecule is C=C1OC(CO)C(O)CC1I. The van der Waals surface area contributed by atoms with Crippen LogP contribution in [-0.4, -0.2) is 33.0 Å². The van der Waals surface area contributed by atoms with Crippen molar-refractivity contribution in [3.05, 3.63) is 12.3 Å². The van der Waals surface area contributed by atoms with Crippen molar-refractivity contribution >= 4 is 22.6 Å². The van der Waals surface area contributed by atoms with Crippen LogP contribution >= 0.6 is 22.6 Å². The monoisotopic (exact) mass is 270 g/mol. The van der Waals surface area contributed by atoms with Crippen molar-refractivity contribution in [1.29, 1.82) is 0 Å². The van der Waals surface area contributed by atoms with Gasteiger partial charge in [-0.3, -0.25) is 0 Å². The number of hydrogen-bond donors (Lipinski definition) is 2. The number of aliphatic hydroxyl groups excluding tert-OH is 2. The molecule has 3 unspecified atom stereocenters. The molecule has 0 bridgehead atoms. The summed E-state index contributed by atoms with van der Waals surface area (Å²) in [6.07, 6.45) is -0.425. The number of allylic oxidation sites excluding steroid dienone is 1. The molecule has 64 valence electrons. The molecule has 0 aromatic heterocycles. The van der Waals surface area contributed by atoms with Gasteiger partial charge in [0.25, 0.3) is 0 Å². The van der Waals surface area contributed by atoms with Crippen molar-refractivity contribution in [3.63, 3.8) is 0 Å². The third kappa shape index (κ3) is 2.07. The van der Waals surface area contributed by atoms with E-state index in [0.29, 0.717) is 12.2 Å². The van der Waals surface area contributed by atoms with E-state index in [4.69, 9.17) is 9.84 Å². The van der Waals surface area contributed by atoms with Gasteiger partial charge in [-0.05, 0) is 6.42 Å². The Labute approximate surface area is 79.2 Å². The van der Waals surface area contributed by atoms with Crippen molar-refractivity contribution in [2.75, 3.05) is 6.61 Å². The highest BCUT2D eigenvalue weighted by Gasteiger charge is 2.30. The van der Waals surface area contributed by atoms with Gasteiger partial charge in [-0.1, -0.05) is 29.2 Å². The first-order valence-corrected chi connectivity index (χ1v) is 4.68. The van der Waals surface area contributed by atoms with Crippen molar-refractivity contribution in [1.82, 2.24) is 0 Å². The average Bonchev–Trinajstić information content (AvgIpc) is 1.97. The Hall–Kier alpha value is 0.190. The van der Waals surface area contributed by atoms with Crippen molar-refractivity contribution in [2.24, 2.45) is 0 Å². The predicted molar refractivity (Wildman–Crippen MR) is 49.5 cm³/mol. The summed E-state index contributed by atoms with van der Waals surface area (Å²) in [5.41, 5.74) is 0. The average molecular weight is 270 g/mol. The van der Waals surface area contributed by atoms with Gasteiger partial charge >= 0.3 is 0 Å². The van der Waals surface area contributed by atoms with Crippen LogP contribution in [0.4, 0.5) is 0 Å². The molecule has 1 fully saturated rings. The maximum absolute atomic E-state index is 9.33. The maximum Gasteiger partial charge on any atom is 0.147 e. The second-order valence-electron chi connectivity index (χ2n) is 2.58. The van der Waals surface area contributed by atoms with Gasteiger partial charge in [0.05, 0.1) is 16.6 Å². The molecule has 3 atom stereocenters. The van der Waals surface area contributed by atoms with Gasteiger partial charge in [-0.15, -0.1) is 0 Å². The highest BCUT2D eigenvalue weighted by molar-refractivity contribution is 14.1. The van der Waals surface area contributed by atoms with Gasteiger partial charge in [-0.2, -0.15) is 0 Å². The smallest absolute Gasteiger partial charge is 0.147 e. The summed E-state index contributed by atoms with van der Waals surface area (Å²) < 4.78 is 5.32. The van der Waals surface area contributed by atoms with E-state index >= 15 is 0 Å². The summed E-state index contributed by atoms with van der Waals surface area (Å²) in [5, 5.41) is 18.1. The topological polar surface area (TPSA) is 49.7 Å². The van der Waals surface area contributed by atoms with Crippen molar-refractivity contribution < 1.29 is 14.9 Å². The van der Waals surface area contributed by atoms with E-state index in [0.717, 1.165) is 0 Å². The quantitative estimate of drug-likeness (QED) is 0.537. The van der Waals surface area contributed by atoms with Gasteiger partial charge in [0.1, 0.15) is 11.9 Å². The van der Waals surface area contributed by atoms with Crippen molar-refractivity contribution in [3.8, 4) is 0 Å². The lowest BCUT2D eigenvalue weighted by atomic mass is 10.1. The Morgan fingerprint density at radius 1 is 1.73 bits per heavy atom. The largest absolute Gasteiger partial charge is 0.489 e. The van der Waals surface area contributed by atoms with E-state index in [1.54, 1.807) is 0 Å². The Morgan fingerprint density at radius 2 is 2.36 bits per heavy atom. The summed E-state index contributed by atoms with van der Waals surface area (Å²) in [4.78, 5) is 0. The molecule has 0 saturated carbocycles. The van der Waals surface area contributed by atoms with E-state index in [1.165, 1.54) is 0 Å². The van der Waals surface area contributed by atoms with Gasteiger partial charge < -0.3 is 14.9 Å². The Kier molecular flexibility index (Phi) is 3.15. The lowest BCUT2D eigenvalue weighted by Crippen LogP contribution is -2.39. The van der Waals surface area contributed by atoms with E-state index in [1.807, 2.05) is 0 Å². The van der Waals surface area contributed by atoms with Crippen LogP contribution in [0.1, 0.15) is 6.42 Å². The molecule has 3 nitrogen and oxygen atoms in total. The molecule has 2 N–H and O–H groups in total. The molecule has 0 amide bonds. The molecule has 0 aromatic carbocycles. The first-order chi connectivity index (χ1) is 5.15. The van der Waals surface area contributed by atoms with Crippen LogP contribution in [-0.2, 0) is 4.74 Å². The molecule has 1 aliphatic rings. The molecule has 0 spiro atoms. The molecule has 0 aliphatic carbocycles. The van der Waals surface area contributed by atoms with Crippen LogP contribution in [0.15, 0.2) is 12.3 Å². The molecule has 0 aromatic rings. The summed E-state index contributed by atoms with van der Waals surface area (Å²) in [7, 11) is 0. The van der Waals surface area contributed by atoms with E-state index in [9.17, 15) is 5.11 Å². The van der Waals surface area contributed by atoms with Crippen LogP contribution in [0.2, 0.25) is 0 Å². The third-order valence-electron chi connectivity index (χ3n) is 1.71. The van der Waals surface area contributed by atoms with Crippen LogP contribution in [0, 0.1) is 0 Å². The number of aliphatic hydroxyl groups is 2. The Bertz CT molecular complexity index is 160. The predicted octanol–water partition coefficient (Wildman–Crippen LogP) is 0.446. The standard InChI is InChI=1S/C7H11IO3/c1-4-5(8)2-6(10)7(3-9)11-4/h5-7,9-10H,1-3H2. The zero-order valence-corrected chi connectivity index (χ0v) is 8.19. The summed E-state index contributed by atoms with van der Waals surface area (Å²) >= 11 is 2.16. The van der Waals surface area contributed by atoms with Crippen LogP contribution < -0.4 is 0 Å². The molecule has 4 heteroatoms. The summed E-state index contributed by atoms with van der Waals surface area (Å²) in [5.74, 6) is 0.648. The van der Waals surface area contributed by atoms with Gasteiger partial charge in [-0.25, -0.2) is 0 Å². The highest BCUT2D eigenvalue weighted by atomic mass is 127. The van der Waals surface area contributed by atoms with E-state index < -0.39 is 12.2 Å². The molecule has 1 heterocycles. The number of ether oxygens (including phenoxy) is 1. The lowest BCUT2D eigenvalue weighted by molar-refractivity contribution is -0.0581. The fourth-order valence-corrected chi connectivity index (χ4v) is 1.67. The zero-order chi connectivity index (χ0) is 8.43. The second-order valence-corrected chi connectivity index (χ2v) is 4.08. The van der Waals surface area contributed by atoms with Crippen LogP contribution in [0.3, 0.4) is 0 Å². The van der Waals surface area contributed by atoms with Crippen LogP contribution in [0.25, 0.3) is 0 Å². The van der Waals surface area contributed by atoms with Gasteiger partial charge in [0.2, 0.25) is 0 Å². The highest BCUT2D eigenvalue weighted by Crippen LogP contribution is 2.27. The van der Waals surface area contributed by atoms with E-state index in [-0.39, 0.29) is 10.5 Å². The molecule has 1 rings (SSSR count). The Morgan fingerprint density at radius 3 is 2.91 bits per heavy atom. The lowest BCUT2D eigenvalue weighted by Gasteiger charge is -2.31. The normalized spacial score (nSPS) is 38.5. The number of hydrogen-bond acceptors (Lipinski definition) is 3. The summed E-state index contributed by atoms with van der Waals surface area (Å²) in [6.45, 7) is 3.53. The minimum absolute atomic E-state index is 0.149. The molecular weight excluding hydrogens is 259 g/mol. The Balaban J connectivity index is 2.54. The number of rotatable bonds is 1. The number of halogens is 1. The second kappa shape index (κ2) is 3.73. The molecule has 1 aliphatic heterocycles. The first kappa shape index (κ1) is 9.28. The van der Waals surface area contributed by atoms with Gasteiger partial charge in [0.15, 0.2) is 0 Å². The third-order valence-corrected chi connectivity index (χ3v) is 2.91. The van der Waals surface area contributed by atoms with Crippen molar-refractivity contribution in [2.45, 2.75) is 22.6 Å². The van der Waals surface area contributed by atoms with E-state index in [2.05, 4.69) is 29.2 Å². The van der Waals surface area contributed by atoms with Gasteiger partial charge in [0, 0.05) is 0 Å². The maximum atomic E-state index is 9.33. The van der Waals surface area contributed by atoms with Crippen LogP contribution in [0.5, 0.6) is 0 Å². The fourth-order valence-electron chi connectivity index (χ4n) is 1.00. The molecule has 0 radical (unpaired) electrons. The minimum atomic E-state index is -0.563. The summed E-state index contributed by atoms with van der Waals surface area (Å²) in [6, 6.07) is 0. The fraction of sp³-hybridized carbons (Fsp3) is 0.714.